The molecule has 0 aromatic carbocycles. The highest BCUT2D eigenvalue weighted by molar-refractivity contribution is 5.54. The Kier molecular flexibility index (Phi) is 3.46. The smallest absolute Gasteiger partial charge is 0.123 e. The molecule has 70 valence electrons. The number of hydrogen-bond donors (Lipinski definition) is 2. The molecule has 0 fully saturated rings. The van der Waals surface area contributed by atoms with Crippen LogP contribution < -0.4 is 11.5 Å². The van der Waals surface area contributed by atoms with Crippen LogP contribution in [0.25, 0.3) is 6.08 Å². The first-order valence-electron chi connectivity index (χ1n) is 4.33. The third-order valence-electron chi connectivity index (χ3n) is 1.80. The van der Waals surface area contributed by atoms with Crippen molar-refractivity contribution in [1.82, 2.24) is 4.98 Å². The molecule has 3 heteroatoms. The van der Waals surface area contributed by atoms with Crippen molar-refractivity contribution >= 4 is 11.9 Å². The molecule has 3 nitrogen and oxygen atoms in total. The third-order valence-corrected chi connectivity index (χ3v) is 1.80. The van der Waals surface area contributed by atoms with Crippen molar-refractivity contribution in [2.75, 3.05) is 12.3 Å². The van der Waals surface area contributed by atoms with E-state index in [2.05, 4.69) is 4.98 Å². The lowest BCUT2D eigenvalue weighted by molar-refractivity contribution is 1.01. The normalized spacial score (nSPS) is 10.9. The van der Waals surface area contributed by atoms with Gasteiger partial charge in [0.25, 0.3) is 0 Å². The number of hydrogen-bond acceptors (Lipinski definition) is 3. The van der Waals surface area contributed by atoms with E-state index < -0.39 is 0 Å². The van der Waals surface area contributed by atoms with Gasteiger partial charge in [0.2, 0.25) is 0 Å². The zero-order valence-electron chi connectivity index (χ0n) is 7.83. The largest absolute Gasteiger partial charge is 0.384 e. The van der Waals surface area contributed by atoms with Crippen molar-refractivity contribution in [2.45, 2.75) is 13.3 Å². The minimum atomic E-state index is 0.563. The number of aryl methyl sites for hydroxylation is 1. The summed E-state index contributed by atoms with van der Waals surface area (Å²) >= 11 is 0. The van der Waals surface area contributed by atoms with E-state index in [0.717, 1.165) is 17.5 Å². The molecular weight excluding hydrogens is 162 g/mol. The van der Waals surface area contributed by atoms with E-state index in [-0.39, 0.29) is 0 Å². The van der Waals surface area contributed by atoms with Gasteiger partial charge >= 0.3 is 0 Å². The average Bonchev–Trinajstić information content (AvgIpc) is 2.09. The van der Waals surface area contributed by atoms with Crippen molar-refractivity contribution < 1.29 is 0 Å². The summed E-state index contributed by atoms with van der Waals surface area (Å²) in [6.45, 7) is 2.69. The molecule has 0 amide bonds. The summed E-state index contributed by atoms with van der Waals surface area (Å²) < 4.78 is 0. The lowest BCUT2D eigenvalue weighted by atomic mass is 10.1. The molecular formula is C10H15N3. The Balaban J connectivity index is 2.77. The number of pyridine rings is 1. The SMILES string of the molecule is Cc1cc(N)ncc1C=CCCN. The second-order valence-corrected chi connectivity index (χ2v) is 2.95. The van der Waals surface area contributed by atoms with Gasteiger partial charge in [0.1, 0.15) is 5.82 Å². The number of nitrogens with two attached hydrogens (primary N) is 2. The predicted molar refractivity (Wildman–Crippen MR) is 56.1 cm³/mol. The molecule has 1 rings (SSSR count). The van der Waals surface area contributed by atoms with Crippen LogP contribution in [0.1, 0.15) is 17.5 Å². The quantitative estimate of drug-likeness (QED) is 0.732. The number of nitrogen functional groups attached to an aromatic ring is 1. The summed E-state index contributed by atoms with van der Waals surface area (Å²) in [6, 6.07) is 1.86. The standard InChI is InChI=1S/C10H15N3/c1-8-6-10(12)13-7-9(8)4-2-3-5-11/h2,4,6-7H,3,5,11H2,1H3,(H2,12,13). The molecule has 0 spiro atoms. The number of nitrogens with zero attached hydrogens (tertiary/aromatic N) is 1. The van der Waals surface area contributed by atoms with Crippen LogP contribution in [0.15, 0.2) is 18.3 Å². The minimum absolute atomic E-state index is 0.563. The molecule has 0 unspecified atom stereocenters. The van der Waals surface area contributed by atoms with Crippen molar-refractivity contribution in [3.8, 4) is 0 Å². The highest BCUT2D eigenvalue weighted by Gasteiger charge is 1.94. The van der Waals surface area contributed by atoms with Crippen LogP contribution >= 0.6 is 0 Å². The molecule has 0 aliphatic rings. The Bertz CT molecular complexity index is 305. The molecule has 13 heavy (non-hydrogen) atoms. The Labute approximate surface area is 78.5 Å². The number of rotatable bonds is 3. The maximum absolute atomic E-state index is 5.53. The molecule has 0 bridgehead atoms. The minimum Gasteiger partial charge on any atom is -0.384 e. The molecule has 1 aromatic rings. The predicted octanol–water partition coefficient (Wildman–Crippen LogP) is 1.33. The van der Waals surface area contributed by atoms with E-state index in [9.17, 15) is 0 Å². The van der Waals surface area contributed by atoms with Crippen LogP contribution in [0.4, 0.5) is 5.82 Å². The van der Waals surface area contributed by atoms with Gasteiger partial charge in [0, 0.05) is 6.20 Å². The summed E-state index contributed by atoms with van der Waals surface area (Å²) in [5.74, 6) is 0.563. The Hall–Kier alpha value is -1.35. The second-order valence-electron chi connectivity index (χ2n) is 2.95. The fourth-order valence-corrected chi connectivity index (χ4v) is 1.07. The lowest BCUT2D eigenvalue weighted by Crippen LogP contribution is -1.95. The number of anilines is 1. The van der Waals surface area contributed by atoms with Gasteiger partial charge in [0.15, 0.2) is 0 Å². The maximum atomic E-state index is 5.53. The van der Waals surface area contributed by atoms with Crippen LogP contribution in [0.3, 0.4) is 0 Å². The van der Waals surface area contributed by atoms with Crippen LogP contribution in [0.5, 0.6) is 0 Å². The summed E-state index contributed by atoms with van der Waals surface area (Å²) in [5.41, 5.74) is 13.1. The van der Waals surface area contributed by atoms with Gasteiger partial charge in [-0.05, 0) is 37.1 Å². The van der Waals surface area contributed by atoms with Gasteiger partial charge < -0.3 is 11.5 Å². The van der Waals surface area contributed by atoms with E-state index in [4.69, 9.17) is 11.5 Å². The molecule has 1 aromatic heterocycles. The summed E-state index contributed by atoms with van der Waals surface area (Å²) in [6.07, 6.45) is 6.73. The maximum Gasteiger partial charge on any atom is 0.123 e. The molecule has 0 radical (unpaired) electrons. The summed E-state index contributed by atoms with van der Waals surface area (Å²) in [7, 11) is 0. The molecule has 0 aliphatic carbocycles. The Morgan fingerprint density at radius 2 is 2.31 bits per heavy atom. The Morgan fingerprint density at radius 1 is 1.54 bits per heavy atom. The molecule has 0 saturated heterocycles. The first-order valence-corrected chi connectivity index (χ1v) is 4.33. The van der Waals surface area contributed by atoms with Crippen LogP contribution in [0.2, 0.25) is 0 Å². The van der Waals surface area contributed by atoms with E-state index in [1.165, 1.54) is 0 Å². The van der Waals surface area contributed by atoms with Crippen molar-refractivity contribution in [2.24, 2.45) is 5.73 Å². The Morgan fingerprint density at radius 3 is 2.92 bits per heavy atom. The van der Waals surface area contributed by atoms with E-state index in [1.54, 1.807) is 6.20 Å². The van der Waals surface area contributed by atoms with Crippen molar-refractivity contribution in [3.05, 3.63) is 29.5 Å². The fourth-order valence-electron chi connectivity index (χ4n) is 1.07. The van der Waals surface area contributed by atoms with Gasteiger partial charge in [-0.1, -0.05) is 12.2 Å². The lowest BCUT2D eigenvalue weighted by Gasteiger charge is -2.00. The summed E-state index contributed by atoms with van der Waals surface area (Å²) in [5, 5.41) is 0. The highest BCUT2D eigenvalue weighted by atomic mass is 14.8. The van der Waals surface area contributed by atoms with E-state index >= 15 is 0 Å². The molecule has 1 heterocycles. The van der Waals surface area contributed by atoms with Crippen LogP contribution in [0, 0.1) is 6.92 Å². The first kappa shape index (κ1) is 9.74. The zero-order chi connectivity index (χ0) is 9.68. The van der Waals surface area contributed by atoms with Gasteiger partial charge in [-0.15, -0.1) is 0 Å². The monoisotopic (exact) mass is 177 g/mol. The highest BCUT2D eigenvalue weighted by Crippen LogP contribution is 2.10. The van der Waals surface area contributed by atoms with Crippen molar-refractivity contribution in [1.29, 1.82) is 0 Å². The zero-order valence-corrected chi connectivity index (χ0v) is 7.83. The van der Waals surface area contributed by atoms with E-state index in [1.807, 2.05) is 25.1 Å². The van der Waals surface area contributed by atoms with Crippen molar-refractivity contribution in [3.63, 3.8) is 0 Å². The summed E-state index contributed by atoms with van der Waals surface area (Å²) in [4.78, 5) is 4.01. The van der Waals surface area contributed by atoms with Gasteiger partial charge in [-0.2, -0.15) is 0 Å². The molecule has 0 saturated carbocycles. The van der Waals surface area contributed by atoms with Crippen LogP contribution in [-0.4, -0.2) is 11.5 Å². The number of aromatic nitrogens is 1. The van der Waals surface area contributed by atoms with Gasteiger partial charge in [0.05, 0.1) is 0 Å². The molecule has 4 N–H and O–H groups in total. The van der Waals surface area contributed by atoms with Gasteiger partial charge in [-0.3, -0.25) is 0 Å². The molecule has 0 aliphatic heterocycles. The third kappa shape index (κ3) is 2.87. The average molecular weight is 177 g/mol. The second kappa shape index (κ2) is 4.62. The molecule has 0 atom stereocenters. The van der Waals surface area contributed by atoms with Crippen LogP contribution in [-0.2, 0) is 0 Å². The van der Waals surface area contributed by atoms with Gasteiger partial charge in [-0.25, -0.2) is 4.98 Å². The topological polar surface area (TPSA) is 64.9 Å². The van der Waals surface area contributed by atoms with E-state index in [0.29, 0.717) is 12.4 Å². The fraction of sp³-hybridized carbons (Fsp3) is 0.300. The first-order chi connectivity index (χ1) is 6.24.